The number of aliphatic hydroxyl groups is 1. The van der Waals surface area contributed by atoms with E-state index in [2.05, 4.69) is 5.32 Å². The van der Waals surface area contributed by atoms with Crippen molar-refractivity contribution in [3.63, 3.8) is 0 Å². The minimum Gasteiger partial charge on any atom is -0.454 e. The van der Waals surface area contributed by atoms with Crippen LogP contribution >= 0.6 is 0 Å². The van der Waals surface area contributed by atoms with Crippen LogP contribution in [0.4, 0.5) is 5.69 Å². The number of aliphatic hydroxyl groups excluding tert-OH is 1. The number of benzene rings is 2. The third-order valence-corrected chi connectivity index (χ3v) is 7.60. The number of carbonyl (C=O) groups is 2. The van der Waals surface area contributed by atoms with Crippen LogP contribution in [-0.4, -0.2) is 55.0 Å². The van der Waals surface area contributed by atoms with Gasteiger partial charge in [-0.25, -0.2) is 8.42 Å². The molecule has 32 heavy (non-hydrogen) atoms. The highest BCUT2D eigenvalue weighted by Gasteiger charge is 2.44. The van der Waals surface area contributed by atoms with Crippen molar-refractivity contribution < 1.29 is 27.9 Å². The van der Waals surface area contributed by atoms with Crippen molar-refractivity contribution in [2.24, 2.45) is 0 Å². The number of rotatable bonds is 6. The molecule has 0 aromatic heterocycles. The van der Waals surface area contributed by atoms with Crippen molar-refractivity contribution in [2.75, 3.05) is 18.5 Å². The number of β-amino-alcohol motifs (C(OH)–C–C–N with tert-alkyl or cyclic N) is 1. The fraction of sp³-hybridized carbons (Fsp3) is 0.391. The van der Waals surface area contributed by atoms with Gasteiger partial charge in [0, 0.05) is 18.7 Å². The molecule has 1 unspecified atom stereocenters. The van der Waals surface area contributed by atoms with Gasteiger partial charge in [-0.1, -0.05) is 12.1 Å². The molecular formula is C23H28N2O6S. The lowest BCUT2D eigenvalue weighted by molar-refractivity contribution is -0.150. The highest BCUT2D eigenvalue weighted by atomic mass is 32.2. The lowest BCUT2D eigenvalue weighted by atomic mass is 10.1. The number of hydrogen-bond acceptors (Lipinski definition) is 6. The highest BCUT2D eigenvalue weighted by molar-refractivity contribution is 7.89. The van der Waals surface area contributed by atoms with E-state index in [9.17, 15) is 23.1 Å². The maximum atomic E-state index is 13.1. The maximum absolute atomic E-state index is 13.1. The number of ether oxygens (including phenoxy) is 1. The predicted molar refractivity (Wildman–Crippen MR) is 120 cm³/mol. The Morgan fingerprint density at radius 3 is 2.28 bits per heavy atom. The van der Waals surface area contributed by atoms with E-state index in [4.69, 9.17) is 4.74 Å². The Morgan fingerprint density at radius 2 is 1.66 bits per heavy atom. The molecule has 0 bridgehead atoms. The zero-order chi connectivity index (χ0) is 23.6. The van der Waals surface area contributed by atoms with E-state index < -0.39 is 40.7 Å². The van der Waals surface area contributed by atoms with Gasteiger partial charge in [0.05, 0.1) is 11.0 Å². The number of amides is 1. The quantitative estimate of drug-likeness (QED) is 0.639. The van der Waals surface area contributed by atoms with E-state index in [0.29, 0.717) is 5.69 Å². The Balaban J connectivity index is 1.68. The molecular weight excluding hydrogens is 432 g/mol. The minimum atomic E-state index is -4.03. The van der Waals surface area contributed by atoms with Gasteiger partial charge in [0.15, 0.2) is 6.61 Å². The fourth-order valence-electron chi connectivity index (χ4n) is 3.52. The number of carbonyl (C=O) groups excluding carboxylic acids is 2. The molecule has 0 spiro atoms. The molecule has 8 nitrogen and oxygen atoms in total. The summed E-state index contributed by atoms with van der Waals surface area (Å²) in [5.41, 5.74) is 4.40. The Bertz CT molecular complexity index is 1150. The normalized spacial score (nSPS) is 19.0. The minimum absolute atomic E-state index is 0.0417. The van der Waals surface area contributed by atoms with Gasteiger partial charge in [0.25, 0.3) is 5.91 Å². The van der Waals surface area contributed by atoms with Crippen molar-refractivity contribution in [1.82, 2.24) is 4.31 Å². The van der Waals surface area contributed by atoms with Crippen LogP contribution in [0.15, 0.2) is 41.3 Å². The second-order valence-electron chi connectivity index (χ2n) is 8.18. The molecule has 1 heterocycles. The molecule has 172 valence electrons. The molecule has 2 aromatic rings. The lowest BCUT2D eigenvalue weighted by Crippen LogP contribution is -2.42. The van der Waals surface area contributed by atoms with E-state index in [1.807, 2.05) is 26.8 Å². The van der Waals surface area contributed by atoms with E-state index in [1.54, 1.807) is 25.1 Å². The molecule has 1 aliphatic rings. The third-order valence-electron chi connectivity index (χ3n) is 5.73. The van der Waals surface area contributed by atoms with Gasteiger partial charge in [-0.05, 0) is 74.2 Å². The van der Waals surface area contributed by atoms with Gasteiger partial charge in [-0.3, -0.25) is 9.59 Å². The first-order valence-corrected chi connectivity index (χ1v) is 11.7. The summed E-state index contributed by atoms with van der Waals surface area (Å²) in [5.74, 6) is -1.41. The summed E-state index contributed by atoms with van der Waals surface area (Å²) in [6.45, 7) is 6.76. The molecule has 1 aliphatic heterocycles. The topological polar surface area (TPSA) is 113 Å². The van der Waals surface area contributed by atoms with Crippen molar-refractivity contribution >= 4 is 27.6 Å². The first kappa shape index (κ1) is 23.9. The largest absolute Gasteiger partial charge is 0.454 e. The van der Waals surface area contributed by atoms with Crippen LogP contribution in [0.2, 0.25) is 0 Å². The van der Waals surface area contributed by atoms with Crippen LogP contribution in [0.1, 0.15) is 28.7 Å². The SMILES string of the molecule is Cc1ccc(NC(=O)COC(=O)[C@@H]2CC(O)CN2S(=O)(=O)c2ccc(C)c(C)c2)cc1C. The highest BCUT2D eigenvalue weighted by Crippen LogP contribution is 2.28. The molecule has 1 saturated heterocycles. The van der Waals surface area contributed by atoms with Gasteiger partial charge >= 0.3 is 5.97 Å². The summed E-state index contributed by atoms with van der Waals surface area (Å²) >= 11 is 0. The number of esters is 1. The maximum Gasteiger partial charge on any atom is 0.325 e. The number of anilines is 1. The number of nitrogens with one attached hydrogen (secondary N) is 1. The monoisotopic (exact) mass is 460 g/mol. The van der Waals surface area contributed by atoms with Gasteiger partial charge in [-0.15, -0.1) is 0 Å². The molecule has 9 heteroatoms. The van der Waals surface area contributed by atoms with Crippen LogP contribution in [-0.2, 0) is 24.3 Å². The van der Waals surface area contributed by atoms with Gasteiger partial charge in [0.1, 0.15) is 6.04 Å². The molecule has 0 aliphatic carbocycles. The number of nitrogens with zero attached hydrogens (tertiary/aromatic N) is 1. The Kier molecular flexibility index (Phi) is 7.02. The van der Waals surface area contributed by atoms with E-state index in [0.717, 1.165) is 26.6 Å². The fourth-order valence-corrected chi connectivity index (χ4v) is 5.24. The van der Waals surface area contributed by atoms with E-state index >= 15 is 0 Å². The summed E-state index contributed by atoms with van der Waals surface area (Å²) in [6, 6.07) is 8.92. The van der Waals surface area contributed by atoms with Crippen LogP contribution in [0, 0.1) is 27.7 Å². The predicted octanol–water partition coefficient (Wildman–Crippen LogP) is 2.23. The van der Waals surface area contributed by atoms with Crippen LogP contribution in [0.3, 0.4) is 0 Å². The van der Waals surface area contributed by atoms with E-state index in [1.165, 1.54) is 12.1 Å². The van der Waals surface area contributed by atoms with Crippen molar-refractivity contribution in [3.05, 3.63) is 58.7 Å². The van der Waals surface area contributed by atoms with Gasteiger partial charge in [-0.2, -0.15) is 4.31 Å². The molecule has 0 saturated carbocycles. The van der Waals surface area contributed by atoms with E-state index in [-0.39, 0.29) is 17.9 Å². The third kappa shape index (κ3) is 5.17. The molecule has 1 fully saturated rings. The summed E-state index contributed by atoms with van der Waals surface area (Å²) < 4.78 is 32.3. The Morgan fingerprint density at radius 1 is 1.03 bits per heavy atom. The summed E-state index contributed by atoms with van der Waals surface area (Å²) in [6.07, 6.45) is -1.10. The van der Waals surface area contributed by atoms with Crippen LogP contribution in [0.25, 0.3) is 0 Å². The van der Waals surface area contributed by atoms with Crippen LogP contribution in [0.5, 0.6) is 0 Å². The first-order valence-electron chi connectivity index (χ1n) is 10.3. The Hall–Kier alpha value is -2.75. The summed E-state index contributed by atoms with van der Waals surface area (Å²) in [7, 11) is -4.03. The Labute approximate surface area is 188 Å². The van der Waals surface area contributed by atoms with Gasteiger partial charge in [0.2, 0.25) is 10.0 Å². The second-order valence-corrected chi connectivity index (χ2v) is 10.1. The summed E-state index contributed by atoms with van der Waals surface area (Å²) in [4.78, 5) is 24.9. The van der Waals surface area contributed by atoms with Crippen molar-refractivity contribution in [1.29, 1.82) is 0 Å². The molecule has 2 aromatic carbocycles. The second kappa shape index (κ2) is 9.40. The smallest absolute Gasteiger partial charge is 0.325 e. The molecule has 2 N–H and O–H groups in total. The average Bonchev–Trinajstić information content (AvgIpc) is 3.13. The average molecular weight is 461 g/mol. The lowest BCUT2D eigenvalue weighted by Gasteiger charge is -2.22. The number of hydrogen-bond donors (Lipinski definition) is 2. The zero-order valence-corrected chi connectivity index (χ0v) is 19.4. The molecule has 1 amide bonds. The number of sulfonamides is 1. The van der Waals surface area contributed by atoms with Crippen molar-refractivity contribution in [2.45, 2.75) is 51.2 Å². The zero-order valence-electron chi connectivity index (χ0n) is 18.6. The van der Waals surface area contributed by atoms with Crippen molar-refractivity contribution in [3.8, 4) is 0 Å². The van der Waals surface area contributed by atoms with Gasteiger partial charge < -0.3 is 15.2 Å². The first-order chi connectivity index (χ1) is 15.0. The summed E-state index contributed by atoms with van der Waals surface area (Å²) in [5, 5.41) is 12.7. The standard InChI is InChI=1S/C23H28N2O6S/c1-14-5-7-18(9-16(14)3)24-22(27)13-31-23(28)21-11-19(26)12-25(21)32(29,30)20-8-6-15(2)17(4)10-20/h5-10,19,21,26H,11-13H2,1-4H3,(H,24,27)/t19?,21-/m0/s1. The number of aryl methyl sites for hydroxylation is 4. The van der Waals surface area contributed by atoms with Crippen LogP contribution < -0.4 is 5.32 Å². The molecule has 2 atom stereocenters. The molecule has 3 rings (SSSR count). The molecule has 0 radical (unpaired) electrons.